The Bertz CT molecular complexity index is 680. The number of hydrogen-bond donors (Lipinski definition) is 2. The number of fused-ring (bicyclic) bond motifs is 1. The molecular weight excluding hydrogens is 260 g/mol. The zero-order chi connectivity index (χ0) is 14.0. The predicted molar refractivity (Wildman–Crippen MR) is 79.0 cm³/mol. The van der Waals surface area contributed by atoms with Crippen LogP contribution in [0.5, 0.6) is 0 Å². The monoisotopic (exact) mass is 280 g/mol. The minimum absolute atomic E-state index is 0.181. The third-order valence-corrected chi connectivity index (χ3v) is 3.30. The van der Waals surface area contributed by atoms with Crippen LogP contribution in [-0.4, -0.2) is 19.5 Å². The first-order valence-electron chi connectivity index (χ1n) is 6.74. The van der Waals surface area contributed by atoms with Gasteiger partial charge in [0.15, 0.2) is 5.65 Å². The number of imidazole rings is 1. The molecule has 2 N–H and O–H groups in total. The maximum atomic E-state index is 12.0. The van der Waals surface area contributed by atoms with Crippen LogP contribution in [0.2, 0.25) is 0 Å². The molecule has 2 aromatic rings. The summed E-state index contributed by atoms with van der Waals surface area (Å²) in [4.78, 5) is 22.5. The molecule has 0 amide bonds. The highest BCUT2D eigenvalue weighted by molar-refractivity contribution is 7.71. The van der Waals surface area contributed by atoms with Crippen LogP contribution >= 0.6 is 12.2 Å². The standard InChI is InChI=1S/C13H20N4OS/c1-4-5-6-9-14-10-11(15-9)17(7-8(2)3)13(18)16-12(10)19/h8H,4-7H2,1-3H3,(H,14,15)(H,16,18,19). The number of rotatable bonds is 5. The van der Waals surface area contributed by atoms with Gasteiger partial charge >= 0.3 is 5.69 Å². The van der Waals surface area contributed by atoms with Gasteiger partial charge in [-0.15, -0.1) is 0 Å². The smallest absolute Gasteiger partial charge is 0.328 e. The Labute approximate surface area is 117 Å². The molecule has 2 aromatic heterocycles. The molecule has 0 saturated heterocycles. The van der Waals surface area contributed by atoms with Crippen molar-refractivity contribution in [3.8, 4) is 0 Å². The summed E-state index contributed by atoms with van der Waals surface area (Å²) in [6.45, 7) is 6.93. The molecule has 0 atom stereocenters. The van der Waals surface area contributed by atoms with E-state index in [1.807, 2.05) is 0 Å². The molecule has 6 heteroatoms. The molecule has 0 fully saturated rings. The van der Waals surface area contributed by atoms with E-state index in [9.17, 15) is 4.79 Å². The summed E-state index contributed by atoms with van der Waals surface area (Å²) in [5.41, 5.74) is 1.26. The quantitative estimate of drug-likeness (QED) is 0.828. The Morgan fingerprint density at radius 3 is 2.74 bits per heavy atom. The van der Waals surface area contributed by atoms with E-state index in [0.717, 1.165) is 30.6 Å². The number of nitrogens with one attached hydrogen (secondary N) is 2. The summed E-state index contributed by atoms with van der Waals surface area (Å²) in [5.74, 6) is 1.28. The fraction of sp³-hybridized carbons (Fsp3) is 0.615. The van der Waals surface area contributed by atoms with Gasteiger partial charge in [0.1, 0.15) is 16.0 Å². The van der Waals surface area contributed by atoms with E-state index in [1.165, 1.54) is 0 Å². The fourth-order valence-corrected chi connectivity index (χ4v) is 2.32. The average molecular weight is 280 g/mol. The van der Waals surface area contributed by atoms with Gasteiger partial charge in [-0.3, -0.25) is 9.55 Å². The summed E-state index contributed by atoms with van der Waals surface area (Å²) in [5, 5.41) is 0. The topological polar surface area (TPSA) is 66.5 Å². The first-order chi connectivity index (χ1) is 9.02. The third-order valence-electron chi connectivity index (χ3n) is 3.00. The van der Waals surface area contributed by atoms with E-state index >= 15 is 0 Å². The van der Waals surface area contributed by atoms with Crippen LogP contribution in [0.25, 0.3) is 11.2 Å². The number of aromatic nitrogens is 4. The molecule has 0 unspecified atom stereocenters. The second-order valence-electron chi connectivity index (χ2n) is 5.25. The van der Waals surface area contributed by atoms with E-state index in [1.54, 1.807) is 4.57 Å². The van der Waals surface area contributed by atoms with Crippen molar-refractivity contribution in [1.29, 1.82) is 0 Å². The van der Waals surface area contributed by atoms with Crippen LogP contribution in [-0.2, 0) is 13.0 Å². The van der Waals surface area contributed by atoms with E-state index in [-0.39, 0.29) is 5.69 Å². The van der Waals surface area contributed by atoms with Crippen molar-refractivity contribution in [1.82, 2.24) is 19.5 Å². The molecule has 0 saturated carbocycles. The Hall–Kier alpha value is -1.43. The number of aryl methyl sites for hydroxylation is 1. The molecule has 0 bridgehead atoms. The van der Waals surface area contributed by atoms with Crippen LogP contribution in [0.4, 0.5) is 0 Å². The minimum Gasteiger partial charge on any atom is -0.338 e. The number of nitrogens with zero attached hydrogens (tertiary/aromatic N) is 2. The van der Waals surface area contributed by atoms with Gasteiger partial charge in [-0.1, -0.05) is 39.4 Å². The first-order valence-corrected chi connectivity index (χ1v) is 7.15. The van der Waals surface area contributed by atoms with Gasteiger partial charge < -0.3 is 4.98 Å². The van der Waals surface area contributed by atoms with Crippen LogP contribution in [0.1, 0.15) is 39.4 Å². The summed E-state index contributed by atoms with van der Waals surface area (Å²) in [6, 6.07) is 0. The van der Waals surface area contributed by atoms with Crippen LogP contribution in [0, 0.1) is 10.6 Å². The van der Waals surface area contributed by atoms with Crippen molar-refractivity contribution in [3.05, 3.63) is 20.9 Å². The largest absolute Gasteiger partial charge is 0.338 e. The van der Waals surface area contributed by atoms with Gasteiger partial charge in [0.2, 0.25) is 0 Å². The normalized spacial score (nSPS) is 11.6. The number of H-pyrrole nitrogens is 2. The van der Waals surface area contributed by atoms with Gasteiger partial charge in [0.05, 0.1) is 0 Å². The molecule has 5 nitrogen and oxygen atoms in total. The molecule has 2 rings (SSSR count). The summed E-state index contributed by atoms with van der Waals surface area (Å²) < 4.78 is 2.11. The lowest BCUT2D eigenvalue weighted by Crippen LogP contribution is -2.25. The summed E-state index contributed by atoms with van der Waals surface area (Å²) in [7, 11) is 0. The molecule has 0 aliphatic heterocycles. The van der Waals surface area contributed by atoms with Crippen molar-refractivity contribution in [2.24, 2.45) is 5.92 Å². The average Bonchev–Trinajstić information content (AvgIpc) is 2.76. The Morgan fingerprint density at radius 2 is 2.11 bits per heavy atom. The molecule has 0 aliphatic carbocycles. The predicted octanol–water partition coefficient (Wildman–Crippen LogP) is 2.78. The maximum absolute atomic E-state index is 12.0. The van der Waals surface area contributed by atoms with E-state index in [2.05, 4.69) is 35.7 Å². The van der Waals surface area contributed by atoms with Gasteiger partial charge in [-0.05, 0) is 12.3 Å². The lowest BCUT2D eigenvalue weighted by atomic mass is 10.2. The zero-order valence-corrected chi connectivity index (χ0v) is 12.4. The lowest BCUT2D eigenvalue weighted by Gasteiger charge is -2.08. The van der Waals surface area contributed by atoms with Crippen molar-refractivity contribution < 1.29 is 0 Å². The zero-order valence-electron chi connectivity index (χ0n) is 11.6. The Kier molecular flexibility index (Phi) is 4.19. The highest BCUT2D eigenvalue weighted by atomic mass is 32.1. The van der Waals surface area contributed by atoms with Crippen molar-refractivity contribution >= 4 is 23.4 Å². The van der Waals surface area contributed by atoms with Crippen LogP contribution < -0.4 is 5.69 Å². The van der Waals surface area contributed by atoms with Gasteiger partial charge in [0, 0.05) is 13.0 Å². The first kappa shape index (κ1) is 14.0. The molecule has 2 heterocycles. The van der Waals surface area contributed by atoms with Gasteiger partial charge in [0.25, 0.3) is 0 Å². The second kappa shape index (κ2) is 5.69. The molecule has 0 spiro atoms. The van der Waals surface area contributed by atoms with Gasteiger partial charge in [-0.25, -0.2) is 9.78 Å². The van der Waals surface area contributed by atoms with E-state index in [4.69, 9.17) is 12.2 Å². The second-order valence-corrected chi connectivity index (χ2v) is 5.66. The maximum Gasteiger partial charge on any atom is 0.328 e. The van der Waals surface area contributed by atoms with Crippen LogP contribution in [0.3, 0.4) is 0 Å². The molecule has 19 heavy (non-hydrogen) atoms. The molecule has 0 aromatic carbocycles. The summed E-state index contributed by atoms with van der Waals surface area (Å²) >= 11 is 5.20. The van der Waals surface area contributed by atoms with E-state index < -0.39 is 0 Å². The molecule has 0 aliphatic rings. The minimum atomic E-state index is -0.181. The number of hydrogen-bond acceptors (Lipinski definition) is 3. The highest BCUT2D eigenvalue weighted by Crippen LogP contribution is 2.13. The Morgan fingerprint density at radius 1 is 1.37 bits per heavy atom. The van der Waals surface area contributed by atoms with Crippen molar-refractivity contribution in [2.45, 2.75) is 46.6 Å². The third kappa shape index (κ3) is 2.94. The number of aromatic amines is 2. The van der Waals surface area contributed by atoms with Crippen molar-refractivity contribution in [3.63, 3.8) is 0 Å². The Balaban J connectivity index is 2.57. The highest BCUT2D eigenvalue weighted by Gasteiger charge is 2.11. The molecular formula is C13H20N4OS. The number of unbranched alkanes of at least 4 members (excludes halogenated alkanes) is 1. The van der Waals surface area contributed by atoms with Crippen LogP contribution in [0.15, 0.2) is 4.79 Å². The molecule has 104 valence electrons. The lowest BCUT2D eigenvalue weighted by molar-refractivity contribution is 0.514. The SMILES string of the molecule is CCCCc1nc2c([nH]1)c(=S)[nH]c(=O)n2CC(C)C. The van der Waals surface area contributed by atoms with Gasteiger partial charge in [-0.2, -0.15) is 0 Å². The van der Waals surface area contributed by atoms with Crippen molar-refractivity contribution in [2.75, 3.05) is 0 Å². The summed E-state index contributed by atoms with van der Waals surface area (Å²) in [6.07, 6.45) is 3.07. The van der Waals surface area contributed by atoms with E-state index in [0.29, 0.717) is 22.8 Å². The molecule has 0 radical (unpaired) electrons. The fourth-order valence-electron chi connectivity index (χ4n) is 2.09.